The zero-order valence-corrected chi connectivity index (χ0v) is 11.3. The number of benzene rings is 1. The summed E-state index contributed by atoms with van der Waals surface area (Å²) in [5.41, 5.74) is 0.107. The van der Waals surface area contributed by atoms with Gasteiger partial charge in [0, 0.05) is 6.54 Å². The second kappa shape index (κ2) is 4.08. The van der Waals surface area contributed by atoms with Crippen molar-refractivity contribution in [1.82, 2.24) is 10.2 Å². The third kappa shape index (κ3) is 1.42. The van der Waals surface area contributed by atoms with Crippen molar-refractivity contribution in [2.45, 2.75) is 37.3 Å². The van der Waals surface area contributed by atoms with Gasteiger partial charge in [0.1, 0.15) is 11.6 Å². The highest BCUT2D eigenvalue weighted by Crippen LogP contribution is 2.45. The van der Waals surface area contributed by atoms with Crippen LogP contribution in [0, 0.1) is 5.92 Å². The molecule has 4 saturated heterocycles. The molecule has 0 spiro atoms. The number of amides is 2. The molecule has 4 bridgehead atoms. The third-order valence-corrected chi connectivity index (χ3v) is 5.07. The number of nitrogens with one attached hydrogen (secondary N) is 1. The summed E-state index contributed by atoms with van der Waals surface area (Å²) < 4.78 is 0. The predicted molar refractivity (Wildman–Crippen MR) is 73.7 cm³/mol. The van der Waals surface area contributed by atoms with Crippen molar-refractivity contribution in [2.75, 3.05) is 6.54 Å². The standard InChI is InChI=1S/C16H18N2O2/c19-14-13-11-6-4-5-9-18(13)15(20)16(10-11,17-14)12-7-2-1-3-8-12/h1-3,7-8,11,13H,4-6,9-10H2,(H,17,19). The molecular formula is C16H18N2O2. The van der Waals surface area contributed by atoms with Gasteiger partial charge in [-0.15, -0.1) is 0 Å². The summed E-state index contributed by atoms with van der Waals surface area (Å²) in [6.45, 7) is 0.724. The van der Waals surface area contributed by atoms with Gasteiger partial charge < -0.3 is 10.2 Å². The second-order valence-electron chi connectivity index (χ2n) is 6.16. The predicted octanol–water partition coefficient (Wildman–Crippen LogP) is 1.41. The minimum atomic E-state index is -0.817. The van der Waals surface area contributed by atoms with Gasteiger partial charge in [-0.3, -0.25) is 9.59 Å². The molecule has 5 rings (SSSR count). The fourth-order valence-corrected chi connectivity index (χ4v) is 4.19. The van der Waals surface area contributed by atoms with E-state index in [0.717, 1.165) is 37.8 Å². The zero-order chi connectivity index (χ0) is 13.7. The van der Waals surface area contributed by atoms with Crippen LogP contribution in [-0.4, -0.2) is 29.3 Å². The summed E-state index contributed by atoms with van der Waals surface area (Å²) >= 11 is 0. The van der Waals surface area contributed by atoms with Crippen LogP contribution in [-0.2, 0) is 15.1 Å². The van der Waals surface area contributed by atoms with E-state index in [1.54, 1.807) is 0 Å². The average molecular weight is 270 g/mol. The lowest BCUT2D eigenvalue weighted by Gasteiger charge is -2.54. The molecule has 1 aromatic carbocycles. The molecule has 20 heavy (non-hydrogen) atoms. The van der Waals surface area contributed by atoms with Crippen LogP contribution in [0.25, 0.3) is 0 Å². The Bertz CT molecular complexity index is 571. The van der Waals surface area contributed by atoms with E-state index >= 15 is 0 Å². The molecule has 4 aliphatic heterocycles. The van der Waals surface area contributed by atoms with Crippen LogP contribution in [0.5, 0.6) is 0 Å². The van der Waals surface area contributed by atoms with Gasteiger partial charge >= 0.3 is 0 Å². The quantitative estimate of drug-likeness (QED) is 0.839. The first-order chi connectivity index (χ1) is 9.72. The molecular weight excluding hydrogens is 252 g/mol. The van der Waals surface area contributed by atoms with Crippen LogP contribution in [0.15, 0.2) is 30.3 Å². The molecule has 0 aliphatic carbocycles. The van der Waals surface area contributed by atoms with Gasteiger partial charge in [0.05, 0.1) is 0 Å². The third-order valence-electron chi connectivity index (χ3n) is 5.07. The number of fused-ring (bicyclic) bond motifs is 1. The molecule has 3 unspecified atom stereocenters. The van der Waals surface area contributed by atoms with E-state index in [4.69, 9.17) is 0 Å². The van der Waals surface area contributed by atoms with Crippen molar-refractivity contribution < 1.29 is 9.59 Å². The Morgan fingerprint density at radius 2 is 1.95 bits per heavy atom. The largest absolute Gasteiger partial charge is 0.336 e. The summed E-state index contributed by atoms with van der Waals surface area (Å²) in [4.78, 5) is 27.2. The van der Waals surface area contributed by atoms with Crippen molar-refractivity contribution in [3.63, 3.8) is 0 Å². The SMILES string of the molecule is O=C1NC2(c3ccccc3)CC3CCCCN(C2=O)C13. The molecule has 4 heteroatoms. The molecule has 4 aliphatic rings. The second-order valence-corrected chi connectivity index (χ2v) is 6.16. The van der Waals surface area contributed by atoms with Crippen LogP contribution >= 0.6 is 0 Å². The maximum Gasteiger partial charge on any atom is 0.253 e. The Morgan fingerprint density at radius 1 is 1.15 bits per heavy atom. The van der Waals surface area contributed by atoms with Crippen LogP contribution < -0.4 is 5.32 Å². The van der Waals surface area contributed by atoms with E-state index in [2.05, 4.69) is 5.32 Å². The molecule has 4 fully saturated rings. The van der Waals surface area contributed by atoms with E-state index in [1.165, 1.54) is 0 Å². The Balaban J connectivity index is 1.86. The highest BCUT2D eigenvalue weighted by atomic mass is 16.2. The van der Waals surface area contributed by atoms with Crippen molar-refractivity contribution in [2.24, 2.45) is 5.92 Å². The number of carbonyl (C=O) groups is 2. The number of hydrogen-bond acceptors (Lipinski definition) is 2. The Kier molecular flexibility index (Phi) is 2.43. The maximum absolute atomic E-state index is 12.9. The summed E-state index contributed by atoms with van der Waals surface area (Å²) in [6, 6.07) is 9.49. The van der Waals surface area contributed by atoms with E-state index in [0.29, 0.717) is 5.92 Å². The van der Waals surface area contributed by atoms with E-state index < -0.39 is 5.54 Å². The first kappa shape index (κ1) is 11.9. The van der Waals surface area contributed by atoms with Gasteiger partial charge in [-0.25, -0.2) is 0 Å². The lowest BCUT2D eigenvalue weighted by Crippen LogP contribution is -2.75. The van der Waals surface area contributed by atoms with Crippen LogP contribution in [0.2, 0.25) is 0 Å². The summed E-state index contributed by atoms with van der Waals surface area (Å²) in [5, 5.41) is 3.02. The first-order valence-corrected chi connectivity index (χ1v) is 7.41. The van der Waals surface area contributed by atoms with Gasteiger partial charge in [0.15, 0.2) is 0 Å². The monoisotopic (exact) mass is 270 g/mol. The van der Waals surface area contributed by atoms with Gasteiger partial charge in [-0.2, -0.15) is 0 Å². The Morgan fingerprint density at radius 3 is 2.75 bits per heavy atom. The van der Waals surface area contributed by atoms with Crippen LogP contribution in [0.3, 0.4) is 0 Å². The van der Waals surface area contributed by atoms with Gasteiger partial charge in [0.25, 0.3) is 5.91 Å². The van der Waals surface area contributed by atoms with Crippen LogP contribution in [0.1, 0.15) is 31.2 Å². The normalized spacial score (nSPS) is 35.7. The van der Waals surface area contributed by atoms with Gasteiger partial charge in [0.2, 0.25) is 5.91 Å². The van der Waals surface area contributed by atoms with E-state index in [-0.39, 0.29) is 17.9 Å². The topological polar surface area (TPSA) is 49.4 Å². The molecule has 3 atom stereocenters. The first-order valence-electron chi connectivity index (χ1n) is 7.41. The number of nitrogens with zero attached hydrogens (tertiary/aromatic N) is 1. The Labute approximate surface area is 118 Å². The number of piperidine rings is 2. The maximum atomic E-state index is 12.9. The number of piperazine rings is 1. The van der Waals surface area contributed by atoms with Crippen molar-refractivity contribution >= 4 is 11.8 Å². The number of carbonyl (C=O) groups excluding carboxylic acids is 2. The lowest BCUT2D eigenvalue weighted by molar-refractivity contribution is -0.166. The van der Waals surface area contributed by atoms with Crippen molar-refractivity contribution in [1.29, 1.82) is 0 Å². The number of hydrogen-bond donors (Lipinski definition) is 1. The van der Waals surface area contributed by atoms with Crippen LogP contribution in [0.4, 0.5) is 0 Å². The van der Waals surface area contributed by atoms with E-state index in [1.807, 2.05) is 35.2 Å². The molecule has 1 aromatic rings. The van der Waals surface area contributed by atoms with Gasteiger partial charge in [-0.05, 0) is 30.7 Å². The molecule has 2 amide bonds. The smallest absolute Gasteiger partial charge is 0.253 e. The molecule has 0 aromatic heterocycles. The molecule has 104 valence electrons. The molecule has 0 saturated carbocycles. The van der Waals surface area contributed by atoms with Crippen molar-refractivity contribution in [3.05, 3.63) is 35.9 Å². The molecule has 1 N–H and O–H groups in total. The minimum Gasteiger partial charge on any atom is -0.336 e. The number of rotatable bonds is 1. The fraction of sp³-hybridized carbons (Fsp3) is 0.500. The van der Waals surface area contributed by atoms with E-state index in [9.17, 15) is 9.59 Å². The van der Waals surface area contributed by atoms with Crippen molar-refractivity contribution in [3.8, 4) is 0 Å². The molecule has 0 radical (unpaired) electrons. The Hall–Kier alpha value is -1.84. The summed E-state index contributed by atoms with van der Waals surface area (Å²) in [7, 11) is 0. The highest BCUT2D eigenvalue weighted by Gasteiger charge is 2.60. The minimum absolute atomic E-state index is 0.0339. The lowest BCUT2D eigenvalue weighted by atomic mass is 9.69. The van der Waals surface area contributed by atoms with Gasteiger partial charge in [-0.1, -0.05) is 36.8 Å². The molecule has 4 nitrogen and oxygen atoms in total. The zero-order valence-electron chi connectivity index (χ0n) is 11.3. The molecule has 4 heterocycles. The highest BCUT2D eigenvalue weighted by molar-refractivity contribution is 6.02. The summed E-state index contributed by atoms with van der Waals surface area (Å²) in [6.07, 6.45) is 3.93. The summed E-state index contributed by atoms with van der Waals surface area (Å²) in [5.74, 6) is 0.433. The average Bonchev–Trinajstić information content (AvgIpc) is 2.66. The fourth-order valence-electron chi connectivity index (χ4n) is 4.19.